The molecule has 5 nitrogen and oxygen atoms in total. The van der Waals surface area contributed by atoms with E-state index in [-0.39, 0.29) is 49.4 Å². The Labute approximate surface area is 252 Å². The number of alkyl halides is 3. The number of rotatable bonds is 10. The summed E-state index contributed by atoms with van der Waals surface area (Å²) < 4.78 is 44.5. The highest BCUT2D eigenvalue weighted by Crippen LogP contribution is 2.37. The quantitative estimate of drug-likeness (QED) is 0.302. The summed E-state index contributed by atoms with van der Waals surface area (Å²) in [6.45, 7) is 7.43. The first kappa shape index (κ1) is 30.8. The zero-order valence-electron chi connectivity index (χ0n) is 25.5. The van der Waals surface area contributed by atoms with Gasteiger partial charge in [0.15, 0.2) is 6.17 Å². The molecule has 1 amide bonds. The molecule has 1 fully saturated rings. The smallest absolute Gasteiger partial charge is 0.251 e. The summed E-state index contributed by atoms with van der Waals surface area (Å²) in [7, 11) is 0. The number of hydrogen-bond donors (Lipinski definition) is 1. The predicted octanol–water partition coefficient (Wildman–Crippen LogP) is 8.36. The lowest BCUT2D eigenvalue weighted by molar-refractivity contribution is -0.00865. The van der Waals surface area contributed by atoms with Gasteiger partial charge < -0.3 is 5.32 Å². The van der Waals surface area contributed by atoms with E-state index < -0.39 is 12.1 Å². The van der Waals surface area contributed by atoms with Crippen LogP contribution < -0.4 is 5.32 Å². The van der Waals surface area contributed by atoms with E-state index in [9.17, 15) is 13.6 Å². The third-order valence-corrected chi connectivity index (χ3v) is 8.38. The van der Waals surface area contributed by atoms with Gasteiger partial charge in [-0.25, -0.2) is 18.2 Å². The molecule has 228 valence electrons. The molecule has 2 aromatic rings. The van der Waals surface area contributed by atoms with Gasteiger partial charge in [0.2, 0.25) is 5.92 Å². The Hall–Kier alpha value is -3.68. The monoisotopic (exact) mass is 590 g/mol. The number of hydrazone groups is 1. The Morgan fingerprint density at radius 2 is 1.95 bits per heavy atom. The highest BCUT2D eigenvalue weighted by molar-refractivity contribution is 6.16. The van der Waals surface area contributed by atoms with E-state index >= 15 is 4.39 Å². The molecule has 0 bridgehead atoms. The van der Waals surface area contributed by atoms with Crippen molar-refractivity contribution in [3.05, 3.63) is 88.1 Å². The maximum atomic E-state index is 16.2. The topological polar surface area (TPSA) is 57.1 Å². The number of amides is 1. The van der Waals surface area contributed by atoms with Crippen LogP contribution in [0, 0.1) is 12.8 Å². The van der Waals surface area contributed by atoms with Crippen molar-refractivity contribution in [3.8, 4) is 0 Å². The van der Waals surface area contributed by atoms with Gasteiger partial charge in [-0.05, 0) is 67.3 Å². The molecule has 5 rings (SSSR count). The lowest BCUT2D eigenvalue weighted by Crippen LogP contribution is -2.32. The fourth-order valence-electron chi connectivity index (χ4n) is 5.45. The van der Waals surface area contributed by atoms with E-state index in [4.69, 9.17) is 5.10 Å². The summed E-state index contributed by atoms with van der Waals surface area (Å²) in [5, 5.41) is 9.65. The summed E-state index contributed by atoms with van der Waals surface area (Å²) in [6.07, 6.45) is 5.66. The molecule has 2 atom stereocenters. The van der Waals surface area contributed by atoms with Crippen molar-refractivity contribution in [2.75, 3.05) is 6.54 Å². The van der Waals surface area contributed by atoms with E-state index in [2.05, 4.69) is 23.3 Å². The summed E-state index contributed by atoms with van der Waals surface area (Å²) in [5.74, 6) is -2.75. The highest BCUT2D eigenvalue weighted by atomic mass is 19.3. The number of carbonyl (C=O) groups excluding carboxylic acids is 1. The Morgan fingerprint density at radius 3 is 2.65 bits per heavy atom. The molecular formula is C35H41F3N4O. The normalized spacial score (nSPS) is 20.5. The molecule has 1 N–H and O–H groups in total. The van der Waals surface area contributed by atoms with Gasteiger partial charge in [-0.2, -0.15) is 5.10 Å². The first-order valence-corrected chi connectivity index (χ1v) is 15.4. The van der Waals surface area contributed by atoms with Gasteiger partial charge in [0, 0.05) is 43.0 Å². The molecule has 2 unspecified atom stereocenters. The van der Waals surface area contributed by atoms with Crippen LogP contribution in [0.5, 0.6) is 0 Å². The number of allylic oxidation sites excluding steroid dienone is 3. The van der Waals surface area contributed by atoms with Crippen molar-refractivity contribution in [1.82, 2.24) is 10.3 Å². The summed E-state index contributed by atoms with van der Waals surface area (Å²) in [5.41, 5.74) is 6.12. The van der Waals surface area contributed by atoms with Crippen LogP contribution in [0.15, 0.2) is 70.4 Å². The molecule has 0 aromatic heterocycles. The number of halogens is 3. The zero-order chi connectivity index (χ0) is 30.7. The second-order valence-corrected chi connectivity index (χ2v) is 12.0. The third-order valence-electron chi connectivity index (χ3n) is 8.38. The number of nitrogens with one attached hydrogen (secondary N) is 1. The van der Waals surface area contributed by atoms with Crippen molar-refractivity contribution >= 4 is 23.0 Å². The minimum absolute atomic E-state index is 0.0601. The number of fused-ring (bicyclic) bond motifs is 1. The van der Waals surface area contributed by atoms with Crippen molar-refractivity contribution in [2.45, 2.75) is 90.8 Å². The molecule has 0 spiro atoms. The van der Waals surface area contributed by atoms with Crippen molar-refractivity contribution in [3.63, 3.8) is 0 Å². The Morgan fingerprint density at radius 1 is 1.16 bits per heavy atom. The van der Waals surface area contributed by atoms with Crippen molar-refractivity contribution < 1.29 is 18.0 Å². The Bertz CT molecular complexity index is 1490. The number of aryl methyl sites for hydroxylation is 2. The lowest BCUT2D eigenvalue weighted by Gasteiger charge is -2.32. The van der Waals surface area contributed by atoms with Gasteiger partial charge in [-0.15, -0.1) is 0 Å². The molecule has 1 aliphatic carbocycles. The molecule has 43 heavy (non-hydrogen) atoms. The van der Waals surface area contributed by atoms with Crippen LogP contribution in [-0.2, 0) is 6.42 Å². The van der Waals surface area contributed by atoms with E-state index in [0.29, 0.717) is 29.0 Å². The number of aliphatic imine (C=N–C) groups is 1. The first-order chi connectivity index (χ1) is 20.6. The number of benzene rings is 2. The average molecular weight is 591 g/mol. The van der Waals surface area contributed by atoms with Gasteiger partial charge in [0.25, 0.3) is 5.91 Å². The molecule has 8 heteroatoms. The Kier molecular flexibility index (Phi) is 9.23. The number of nitrogens with zero attached hydrogens (tertiary/aromatic N) is 3. The zero-order valence-corrected chi connectivity index (χ0v) is 25.5. The highest BCUT2D eigenvalue weighted by Gasteiger charge is 2.33. The van der Waals surface area contributed by atoms with Crippen molar-refractivity contribution in [1.29, 1.82) is 0 Å². The maximum Gasteiger partial charge on any atom is 0.251 e. The molecule has 2 heterocycles. The van der Waals surface area contributed by atoms with E-state index in [1.807, 2.05) is 56.3 Å². The molecule has 2 aromatic carbocycles. The van der Waals surface area contributed by atoms with Crippen LogP contribution in [0.4, 0.5) is 13.2 Å². The minimum atomic E-state index is -2.80. The van der Waals surface area contributed by atoms with Crippen LogP contribution in [0.3, 0.4) is 0 Å². The standard InChI is InChI=1S/C35H41F3N4O/c1-5-24-8-7-9-26(20-24)33(36)30-21-29(39-17-16-35(37,38)6-2)31-15-10-22(3)18-32(42(31)41-30)25-11-14-28(23(4)19-25)34(43)40-27-12-13-27/h7-9,11,14-15,18-20,22,27,33H,5-6,10,12-13,16-17,21H2,1-4H3,(H,40,43). The summed E-state index contributed by atoms with van der Waals surface area (Å²) >= 11 is 0. The Balaban J connectivity index is 1.55. The van der Waals surface area contributed by atoms with Crippen LogP contribution in [0.25, 0.3) is 5.70 Å². The van der Waals surface area contributed by atoms with Gasteiger partial charge in [0.1, 0.15) is 0 Å². The second kappa shape index (κ2) is 12.9. The molecule has 0 saturated heterocycles. The third kappa shape index (κ3) is 7.28. The van der Waals surface area contributed by atoms with E-state index in [1.54, 1.807) is 11.1 Å². The van der Waals surface area contributed by atoms with Crippen molar-refractivity contribution in [2.24, 2.45) is 16.0 Å². The SMILES string of the molecule is CCc1cccc(C(F)C2=NN3C(=CCC(C)C=C3c3ccc(C(=O)NC4CC4)c(C)c3)C(=NCCC(F)(F)CC)C2)c1. The van der Waals surface area contributed by atoms with Crippen LogP contribution >= 0.6 is 0 Å². The van der Waals surface area contributed by atoms with E-state index in [1.165, 1.54) is 6.92 Å². The van der Waals surface area contributed by atoms with E-state index in [0.717, 1.165) is 41.6 Å². The summed E-state index contributed by atoms with van der Waals surface area (Å²) in [4.78, 5) is 17.4. The number of hydrogen-bond acceptors (Lipinski definition) is 4. The molecule has 2 aliphatic heterocycles. The average Bonchev–Trinajstić information content (AvgIpc) is 3.83. The molecule has 0 radical (unpaired) electrons. The maximum absolute atomic E-state index is 16.2. The van der Waals surface area contributed by atoms with Gasteiger partial charge in [-0.3, -0.25) is 9.79 Å². The first-order valence-electron chi connectivity index (χ1n) is 15.4. The van der Waals surface area contributed by atoms with Gasteiger partial charge >= 0.3 is 0 Å². The fourth-order valence-corrected chi connectivity index (χ4v) is 5.45. The molecular weight excluding hydrogens is 549 g/mol. The second-order valence-electron chi connectivity index (χ2n) is 12.0. The predicted molar refractivity (Wildman–Crippen MR) is 167 cm³/mol. The fraction of sp³-hybridized carbons (Fsp3) is 0.457. The van der Waals surface area contributed by atoms with Gasteiger partial charge in [-0.1, -0.05) is 63.3 Å². The number of carbonyl (C=O) groups is 1. The largest absolute Gasteiger partial charge is 0.349 e. The summed E-state index contributed by atoms with van der Waals surface area (Å²) in [6, 6.07) is 13.4. The van der Waals surface area contributed by atoms with Gasteiger partial charge in [0.05, 0.1) is 22.8 Å². The lowest BCUT2D eigenvalue weighted by atomic mass is 9.96. The van der Waals surface area contributed by atoms with Crippen LogP contribution in [-0.4, -0.2) is 40.8 Å². The molecule has 1 saturated carbocycles. The van der Waals surface area contributed by atoms with Crippen LogP contribution in [0.1, 0.15) is 98.1 Å². The molecule has 3 aliphatic rings. The van der Waals surface area contributed by atoms with Crippen LogP contribution in [0.2, 0.25) is 0 Å². The minimum Gasteiger partial charge on any atom is -0.349 e.